The summed E-state index contributed by atoms with van der Waals surface area (Å²) in [6, 6.07) is 11.5. The predicted molar refractivity (Wildman–Crippen MR) is 79.5 cm³/mol. The van der Waals surface area contributed by atoms with Crippen LogP contribution in [0.15, 0.2) is 42.5 Å². The molecule has 2 rings (SSSR count). The summed E-state index contributed by atoms with van der Waals surface area (Å²) in [7, 11) is 0. The fourth-order valence-electron chi connectivity index (χ4n) is 1.84. The third-order valence-electron chi connectivity index (χ3n) is 2.87. The molecular weight excluding hydrogens is 269 g/mol. The van der Waals surface area contributed by atoms with Gasteiger partial charge in [-0.05, 0) is 36.8 Å². The highest BCUT2D eigenvalue weighted by molar-refractivity contribution is 6.04. The molecule has 21 heavy (non-hydrogen) atoms. The Bertz CT molecular complexity index is 729. The number of amides is 1. The summed E-state index contributed by atoms with van der Waals surface area (Å²) < 4.78 is 13.9. The first-order valence-corrected chi connectivity index (χ1v) is 6.38. The molecule has 0 bridgehead atoms. The van der Waals surface area contributed by atoms with Crippen molar-refractivity contribution in [3.05, 3.63) is 65.0 Å². The molecule has 0 fully saturated rings. The van der Waals surface area contributed by atoms with Crippen molar-refractivity contribution in [2.24, 2.45) is 0 Å². The summed E-state index contributed by atoms with van der Waals surface area (Å²) in [5, 5.41) is 11.3. The molecule has 3 nitrogen and oxygen atoms in total. The van der Waals surface area contributed by atoms with Gasteiger partial charge in [-0.3, -0.25) is 4.79 Å². The minimum absolute atomic E-state index is 0.00171. The Hall–Kier alpha value is -2.64. The maximum Gasteiger partial charge on any atom is 0.258 e. The second-order valence-corrected chi connectivity index (χ2v) is 4.43. The number of benzene rings is 2. The van der Waals surface area contributed by atoms with Gasteiger partial charge in [-0.25, -0.2) is 4.39 Å². The van der Waals surface area contributed by atoms with E-state index in [-0.39, 0.29) is 12.2 Å². The summed E-state index contributed by atoms with van der Waals surface area (Å²) >= 11 is 0. The van der Waals surface area contributed by atoms with Crippen molar-refractivity contribution in [2.75, 3.05) is 11.9 Å². The van der Waals surface area contributed by atoms with Crippen molar-refractivity contribution >= 4 is 11.6 Å². The van der Waals surface area contributed by atoms with Gasteiger partial charge in [0.1, 0.15) is 12.4 Å². The highest BCUT2D eigenvalue weighted by atomic mass is 19.1. The molecule has 0 spiro atoms. The smallest absolute Gasteiger partial charge is 0.258 e. The summed E-state index contributed by atoms with van der Waals surface area (Å²) in [6.45, 7) is 1.38. The SMILES string of the molecule is Cc1cccc(C(=O)Nc2cccc(C#CCO)c2)c1F. The molecule has 0 unspecified atom stereocenters. The number of aryl methyl sites for hydroxylation is 1. The topological polar surface area (TPSA) is 49.3 Å². The highest BCUT2D eigenvalue weighted by Crippen LogP contribution is 2.15. The van der Waals surface area contributed by atoms with E-state index < -0.39 is 11.7 Å². The van der Waals surface area contributed by atoms with E-state index in [0.29, 0.717) is 16.8 Å². The Balaban J connectivity index is 2.22. The monoisotopic (exact) mass is 283 g/mol. The van der Waals surface area contributed by atoms with E-state index in [4.69, 9.17) is 5.11 Å². The molecule has 0 aliphatic rings. The van der Waals surface area contributed by atoms with Gasteiger partial charge < -0.3 is 10.4 Å². The number of hydrogen-bond acceptors (Lipinski definition) is 2. The number of aliphatic hydroxyl groups excluding tert-OH is 1. The second-order valence-electron chi connectivity index (χ2n) is 4.43. The summed E-state index contributed by atoms with van der Waals surface area (Å²) in [4.78, 5) is 12.1. The third kappa shape index (κ3) is 3.68. The minimum atomic E-state index is -0.522. The molecule has 0 aliphatic carbocycles. The molecular formula is C17H14FNO2. The number of hydrogen-bond donors (Lipinski definition) is 2. The highest BCUT2D eigenvalue weighted by Gasteiger charge is 2.13. The Kier molecular flexibility index (Phi) is 4.70. The molecule has 0 aliphatic heterocycles. The molecule has 2 aromatic rings. The lowest BCUT2D eigenvalue weighted by Gasteiger charge is -2.07. The average Bonchev–Trinajstić information content (AvgIpc) is 2.48. The van der Waals surface area contributed by atoms with Crippen LogP contribution >= 0.6 is 0 Å². The van der Waals surface area contributed by atoms with Crippen LogP contribution in [-0.2, 0) is 0 Å². The van der Waals surface area contributed by atoms with E-state index >= 15 is 0 Å². The molecule has 0 radical (unpaired) electrons. The lowest BCUT2D eigenvalue weighted by atomic mass is 10.1. The van der Waals surface area contributed by atoms with Crippen molar-refractivity contribution in [3.8, 4) is 11.8 Å². The Morgan fingerprint density at radius 2 is 2.05 bits per heavy atom. The molecule has 1 amide bonds. The first kappa shape index (κ1) is 14.8. The Morgan fingerprint density at radius 3 is 2.81 bits per heavy atom. The molecule has 106 valence electrons. The summed E-state index contributed by atoms with van der Waals surface area (Å²) in [6.07, 6.45) is 0. The zero-order valence-corrected chi connectivity index (χ0v) is 11.5. The van der Waals surface area contributed by atoms with Crippen LogP contribution in [0, 0.1) is 24.6 Å². The van der Waals surface area contributed by atoms with E-state index in [9.17, 15) is 9.18 Å². The molecule has 4 heteroatoms. The van der Waals surface area contributed by atoms with Crippen LogP contribution in [0.5, 0.6) is 0 Å². The van der Waals surface area contributed by atoms with Crippen molar-refractivity contribution in [2.45, 2.75) is 6.92 Å². The molecule has 0 heterocycles. The van der Waals surface area contributed by atoms with E-state index in [2.05, 4.69) is 17.2 Å². The van der Waals surface area contributed by atoms with Crippen molar-refractivity contribution < 1.29 is 14.3 Å². The van der Waals surface area contributed by atoms with Crippen molar-refractivity contribution in [1.29, 1.82) is 0 Å². The van der Waals surface area contributed by atoms with Crippen LogP contribution in [0.2, 0.25) is 0 Å². The van der Waals surface area contributed by atoms with E-state index in [1.54, 1.807) is 43.3 Å². The number of carbonyl (C=O) groups is 1. The fraction of sp³-hybridized carbons (Fsp3) is 0.118. The largest absolute Gasteiger partial charge is 0.384 e. The summed E-state index contributed by atoms with van der Waals surface area (Å²) in [5.41, 5.74) is 1.60. The zero-order valence-electron chi connectivity index (χ0n) is 11.5. The number of carbonyl (C=O) groups excluding carboxylic acids is 1. The maximum atomic E-state index is 13.9. The van der Waals surface area contributed by atoms with Gasteiger partial charge in [0.05, 0.1) is 5.56 Å². The van der Waals surface area contributed by atoms with Gasteiger partial charge in [0.15, 0.2) is 0 Å². The van der Waals surface area contributed by atoms with E-state index in [0.717, 1.165) is 0 Å². The summed E-state index contributed by atoms with van der Waals surface area (Å²) in [5.74, 6) is 4.24. The lowest BCUT2D eigenvalue weighted by Crippen LogP contribution is -2.14. The van der Waals surface area contributed by atoms with Gasteiger partial charge in [0.25, 0.3) is 5.91 Å². The minimum Gasteiger partial charge on any atom is -0.384 e. The normalized spacial score (nSPS) is 9.67. The standard InChI is InChI=1S/C17H14FNO2/c1-12-5-2-9-15(16(12)18)17(21)19-14-8-3-6-13(11-14)7-4-10-20/h2-3,5-6,8-9,11,20H,10H2,1H3,(H,19,21). The fourth-order valence-corrected chi connectivity index (χ4v) is 1.84. The van der Waals surface area contributed by atoms with Gasteiger partial charge >= 0.3 is 0 Å². The van der Waals surface area contributed by atoms with Gasteiger partial charge in [0, 0.05) is 11.3 Å². The van der Waals surface area contributed by atoms with Gasteiger partial charge in [-0.1, -0.05) is 30.0 Å². The van der Waals surface area contributed by atoms with Crippen LogP contribution in [0.4, 0.5) is 10.1 Å². The molecule has 2 N–H and O–H groups in total. The van der Waals surface area contributed by atoms with Crippen LogP contribution in [0.3, 0.4) is 0 Å². The zero-order chi connectivity index (χ0) is 15.2. The van der Waals surface area contributed by atoms with Gasteiger partial charge in [-0.2, -0.15) is 0 Å². The Morgan fingerprint density at radius 1 is 1.29 bits per heavy atom. The van der Waals surface area contributed by atoms with E-state index in [1.165, 1.54) is 6.07 Å². The third-order valence-corrected chi connectivity index (χ3v) is 2.87. The molecule has 0 aromatic heterocycles. The van der Waals surface area contributed by atoms with Crippen LogP contribution in [0.25, 0.3) is 0 Å². The maximum absolute atomic E-state index is 13.9. The number of nitrogens with one attached hydrogen (secondary N) is 1. The Labute approximate surface area is 122 Å². The van der Waals surface area contributed by atoms with Crippen LogP contribution in [0.1, 0.15) is 21.5 Å². The van der Waals surface area contributed by atoms with Gasteiger partial charge in [-0.15, -0.1) is 0 Å². The number of anilines is 1. The van der Waals surface area contributed by atoms with Crippen molar-refractivity contribution in [3.63, 3.8) is 0 Å². The number of halogens is 1. The molecule has 0 atom stereocenters. The average molecular weight is 283 g/mol. The first-order valence-electron chi connectivity index (χ1n) is 6.38. The van der Waals surface area contributed by atoms with Gasteiger partial charge in [0.2, 0.25) is 0 Å². The quantitative estimate of drug-likeness (QED) is 0.833. The molecule has 0 saturated heterocycles. The van der Waals surface area contributed by atoms with Crippen molar-refractivity contribution in [1.82, 2.24) is 0 Å². The predicted octanol–water partition coefficient (Wildman–Crippen LogP) is 2.73. The lowest BCUT2D eigenvalue weighted by molar-refractivity contribution is 0.102. The van der Waals surface area contributed by atoms with Crippen LogP contribution < -0.4 is 5.32 Å². The number of aliphatic hydroxyl groups is 1. The molecule has 0 saturated carbocycles. The van der Waals surface area contributed by atoms with E-state index in [1.807, 2.05) is 0 Å². The second kappa shape index (κ2) is 6.69. The van der Waals surface area contributed by atoms with Crippen LogP contribution in [-0.4, -0.2) is 17.6 Å². The first-order chi connectivity index (χ1) is 10.1. The number of rotatable bonds is 2. The molecule has 2 aromatic carbocycles.